The molecule has 0 radical (unpaired) electrons. The third kappa shape index (κ3) is 10.6. The van der Waals surface area contributed by atoms with Gasteiger partial charge in [-0.25, -0.2) is 19.2 Å². The number of benzene rings is 2. The zero-order chi connectivity index (χ0) is 36.6. The lowest BCUT2D eigenvalue weighted by molar-refractivity contribution is -0.156. The molecule has 8 nitrogen and oxygen atoms in total. The van der Waals surface area contributed by atoms with Crippen LogP contribution >= 0.6 is 69.6 Å². The highest BCUT2D eigenvalue weighted by Crippen LogP contribution is 2.43. The molecule has 274 valence electrons. The van der Waals surface area contributed by atoms with Crippen LogP contribution in [-0.2, 0) is 19.1 Å². The lowest BCUT2D eigenvalue weighted by Crippen LogP contribution is -2.27. The lowest BCUT2D eigenvalue weighted by Gasteiger charge is -2.27. The van der Waals surface area contributed by atoms with Crippen molar-refractivity contribution >= 4 is 93.5 Å². The molecule has 0 aliphatic heterocycles. The van der Waals surface area contributed by atoms with Gasteiger partial charge < -0.3 is 18.9 Å². The molecule has 14 heteroatoms. The third-order valence-electron chi connectivity index (χ3n) is 9.72. The monoisotopic (exact) mass is 810 g/mol. The van der Waals surface area contributed by atoms with E-state index in [0.29, 0.717) is 12.8 Å². The molecule has 0 bridgehead atoms. The second-order valence-electron chi connectivity index (χ2n) is 13.7. The van der Waals surface area contributed by atoms with Gasteiger partial charge in [-0.15, -0.1) is 0 Å². The largest absolute Gasteiger partial charge is 0.462 e. The molecule has 2 aromatic rings. The highest BCUT2D eigenvalue weighted by atomic mass is 35.5. The molecule has 50 heavy (non-hydrogen) atoms. The average molecular weight is 813 g/mol. The standard InChI is InChI=1S/C36H40Cl6O8/c1-35(11-7-3-4-8-12-35)15-17-47-31(43)25-27(41)21(37)19-23(39)29(25)49-33(45)34(46)50-30-24(40)20-22(38)28(42)26(30)32(44)48-18-16-36(2)13-9-5-6-10-14-36/h19-20H,3-18H2,1-2H3. The Bertz CT molecular complexity index is 1480. The van der Waals surface area contributed by atoms with Crippen molar-refractivity contribution < 1.29 is 38.1 Å². The normalized spacial score (nSPS) is 17.2. The highest BCUT2D eigenvalue weighted by Gasteiger charge is 2.33. The van der Waals surface area contributed by atoms with Crippen LogP contribution < -0.4 is 9.47 Å². The number of hydrogen-bond donors (Lipinski definition) is 0. The van der Waals surface area contributed by atoms with E-state index < -0.39 is 46.5 Å². The van der Waals surface area contributed by atoms with Crippen LogP contribution in [0.5, 0.6) is 11.5 Å². The van der Waals surface area contributed by atoms with E-state index in [-0.39, 0.29) is 54.2 Å². The molecule has 2 aliphatic rings. The second-order valence-corrected chi connectivity index (χ2v) is 16.1. The van der Waals surface area contributed by atoms with Crippen molar-refractivity contribution in [2.24, 2.45) is 10.8 Å². The number of ether oxygens (including phenoxy) is 4. The zero-order valence-electron chi connectivity index (χ0n) is 28.0. The first-order valence-corrected chi connectivity index (χ1v) is 19.0. The summed E-state index contributed by atoms with van der Waals surface area (Å²) < 4.78 is 21.5. The van der Waals surface area contributed by atoms with Gasteiger partial charge >= 0.3 is 23.9 Å². The fourth-order valence-corrected chi connectivity index (χ4v) is 8.02. The summed E-state index contributed by atoms with van der Waals surface area (Å²) in [6, 6.07) is 2.28. The predicted molar refractivity (Wildman–Crippen MR) is 196 cm³/mol. The minimum atomic E-state index is -1.63. The smallest absolute Gasteiger partial charge is 0.423 e. The summed E-state index contributed by atoms with van der Waals surface area (Å²) in [7, 11) is 0. The summed E-state index contributed by atoms with van der Waals surface area (Å²) in [5, 5.41) is -1.42. The van der Waals surface area contributed by atoms with E-state index in [4.69, 9.17) is 88.6 Å². The van der Waals surface area contributed by atoms with E-state index >= 15 is 0 Å². The number of halogens is 6. The Morgan fingerprint density at radius 2 is 0.860 bits per heavy atom. The van der Waals surface area contributed by atoms with Gasteiger partial charge in [0.05, 0.1) is 43.3 Å². The molecule has 2 aliphatic carbocycles. The topological polar surface area (TPSA) is 105 Å². The molecule has 0 amide bonds. The molecule has 0 N–H and O–H groups in total. The molecular weight excluding hydrogens is 773 g/mol. The van der Waals surface area contributed by atoms with Crippen molar-refractivity contribution in [3.63, 3.8) is 0 Å². The molecule has 2 saturated carbocycles. The fourth-order valence-electron chi connectivity index (χ4n) is 6.58. The summed E-state index contributed by atoms with van der Waals surface area (Å²) in [5.74, 6) is -6.31. The van der Waals surface area contributed by atoms with Gasteiger partial charge in [-0.05, 0) is 61.5 Å². The van der Waals surface area contributed by atoms with Gasteiger partial charge in [0.25, 0.3) is 0 Å². The Morgan fingerprint density at radius 1 is 0.540 bits per heavy atom. The van der Waals surface area contributed by atoms with Crippen molar-refractivity contribution in [1.29, 1.82) is 0 Å². The Labute approximate surface area is 322 Å². The van der Waals surface area contributed by atoms with E-state index in [1.165, 1.54) is 25.7 Å². The lowest BCUT2D eigenvalue weighted by atomic mass is 9.80. The van der Waals surface area contributed by atoms with Gasteiger partial charge in [-0.1, -0.05) is 135 Å². The number of esters is 4. The van der Waals surface area contributed by atoms with E-state index in [1.54, 1.807) is 0 Å². The third-order valence-corrected chi connectivity index (χ3v) is 11.9. The van der Waals surface area contributed by atoms with Crippen LogP contribution in [-0.4, -0.2) is 37.1 Å². The average Bonchev–Trinajstić information content (AvgIpc) is 3.41. The van der Waals surface area contributed by atoms with Crippen molar-refractivity contribution in [1.82, 2.24) is 0 Å². The number of carbonyl (C=O) groups is 4. The number of hydrogen-bond acceptors (Lipinski definition) is 8. The molecule has 4 rings (SSSR count). The summed E-state index contributed by atoms with van der Waals surface area (Å²) in [6.07, 6.45) is 14.4. The second kappa shape index (κ2) is 18.2. The van der Waals surface area contributed by atoms with Gasteiger partial charge in [0.2, 0.25) is 0 Å². The Morgan fingerprint density at radius 3 is 1.18 bits per heavy atom. The van der Waals surface area contributed by atoms with E-state index in [2.05, 4.69) is 13.8 Å². The minimum absolute atomic E-state index is 0.00962. The van der Waals surface area contributed by atoms with Crippen LogP contribution in [0.25, 0.3) is 0 Å². The van der Waals surface area contributed by atoms with Crippen LogP contribution in [0.3, 0.4) is 0 Å². The molecular formula is C36H40Cl6O8. The van der Waals surface area contributed by atoms with Crippen LogP contribution in [0.1, 0.15) is 124 Å². The SMILES string of the molecule is CC1(CCOC(=O)c2c(Cl)c(Cl)cc(Cl)c2OC(=O)C(=O)Oc2c(Cl)cc(Cl)c(Cl)c2C(=O)OCCC2(C)CCCCCC2)CCCCCC1. The Hall–Kier alpha value is -1.94. The summed E-state index contributed by atoms with van der Waals surface area (Å²) in [4.78, 5) is 52.7. The predicted octanol–water partition coefficient (Wildman–Crippen LogP) is 11.9. The van der Waals surface area contributed by atoms with Crippen LogP contribution in [0.4, 0.5) is 0 Å². The summed E-state index contributed by atoms with van der Waals surface area (Å²) in [5.41, 5.74) is -0.878. The summed E-state index contributed by atoms with van der Waals surface area (Å²) in [6.45, 7) is 4.47. The first-order valence-electron chi connectivity index (χ1n) is 16.8. The van der Waals surface area contributed by atoms with Crippen LogP contribution in [0.2, 0.25) is 30.1 Å². The van der Waals surface area contributed by atoms with E-state index in [0.717, 1.165) is 63.5 Å². The molecule has 0 spiro atoms. The zero-order valence-corrected chi connectivity index (χ0v) is 32.5. The van der Waals surface area contributed by atoms with Gasteiger partial charge in [0.1, 0.15) is 11.1 Å². The molecule has 0 heterocycles. The molecule has 0 saturated heterocycles. The maximum Gasteiger partial charge on any atom is 0.423 e. The van der Waals surface area contributed by atoms with Gasteiger partial charge in [-0.2, -0.15) is 0 Å². The van der Waals surface area contributed by atoms with Crippen molar-refractivity contribution in [3.8, 4) is 11.5 Å². The number of carbonyl (C=O) groups excluding carboxylic acids is 4. The van der Waals surface area contributed by atoms with Crippen molar-refractivity contribution in [3.05, 3.63) is 53.4 Å². The van der Waals surface area contributed by atoms with Crippen molar-refractivity contribution in [2.75, 3.05) is 13.2 Å². The molecule has 0 atom stereocenters. The number of rotatable bonds is 10. The highest BCUT2D eigenvalue weighted by molar-refractivity contribution is 6.47. The fraction of sp³-hybridized carbons (Fsp3) is 0.556. The molecule has 0 aromatic heterocycles. The summed E-state index contributed by atoms with van der Waals surface area (Å²) >= 11 is 37.7. The van der Waals surface area contributed by atoms with Gasteiger partial charge in [-0.3, -0.25) is 0 Å². The molecule has 0 unspecified atom stereocenters. The van der Waals surface area contributed by atoms with E-state index in [9.17, 15) is 19.2 Å². The van der Waals surface area contributed by atoms with E-state index in [1.807, 2.05) is 0 Å². The quantitative estimate of drug-likeness (QED) is 0.0768. The van der Waals surface area contributed by atoms with Crippen LogP contribution in [0, 0.1) is 10.8 Å². The maximum absolute atomic E-state index is 13.3. The minimum Gasteiger partial charge on any atom is -0.462 e. The maximum atomic E-state index is 13.3. The molecule has 2 fully saturated rings. The first-order chi connectivity index (χ1) is 23.6. The van der Waals surface area contributed by atoms with Gasteiger partial charge in [0.15, 0.2) is 11.5 Å². The molecule has 2 aromatic carbocycles. The van der Waals surface area contributed by atoms with Gasteiger partial charge in [0, 0.05) is 0 Å². The Balaban J connectivity index is 1.49. The van der Waals surface area contributed by atoms with Crippen LogP contribution in [0.15, 0.2) is 12.1 Å². The Kier molecular flexibility index (Phi) is 14.9. The first kappa shape index (κ1) is 40.8. The van der Waals surface area contributed by atoms with Crippen molar-refractivity contribution in [2.45, 2.75) is 104 Å².